The monoisotopic (exact) mass is 389 g/mol. The Morgan fingerprint density at radius 1 is 1.30 bits per heavy atom. The summed E-state index contributed by atoms with van der Waals surface area (Å²) in [6.45, 7) is 4.68. The molecule has 2 heterocycles. The number of aryl methyl sites for hydroxylation is 1. The quantitative estimate of drug-likeness (QED) is 0.625. The molecule has 0 unspecified atom stereocenters. The van der Waals surface area contributed by atoms with Crippen LogP contribution < -0.4 is 4.74 Å². The minimum absolute atomic E-state index is 0.117. The predicted octanol–water partition coefficient (Wildman–Crippen LogP) is 3.46. The molecule has 0 amide bonds. The van der Waals surface area contributed by atoms with Crippen molar-refractivity contribution < 1.29 is 23.9 Å². The van der Waals surface area contributed by atoms with Gasteiger partial charge in [0.25, 0.3) is 0 Å². The molecule has 0 bridgehead atoms. The third kappa shape index (κ3) is 3.90. The average molecular weight is 390 g/mol. The van der Waals surface area contributed by atoms with Gasteiger partial charge < -0.3 is 14.5 Å². The number of fused-ring (bicyclic) bond motifs is 1. The molecule has 0 radical (unpaired) electrons. The molecule has 0 saturated carbocycles. The van der Waals surface area contributed by atoms with Crippen molar-refractivity contribution in [3.63, 3.8) is 0 Å². The first-order chi connectivity index (χ1) is 12.8. The molecular weight excluding hydrogens is 370 g/mol. The Labute approximate surface area is 161 Å². The van der Waals surface area contributed by atoms with Crippen LogP contribution in [0.1, 0.15) is 44.6 Å². The fraction of sp³-hybridized carbons (Fsp3) is 0.350. The van der Waals surface area contributed by atoms with E-state index in [0.29, 0.717) is 39.7 Å². The molecule has 1 aromatic heterocycles. The van der Waals surface area contributed by atoms with Gasteiger partial charge in [0.05, 0.1) is 11.6 Å². The summed E-state index contributed by atoms with van der Waals surface area (Å²) in [5, 5.41) is 0.570. The molecule has 6 nitrogen and oxygen atoms in total. The zero-order valence-electron chi connectivity index (χ0n) is 15.3. The number of benzene rings is 1. The Morgan fingerprint density at radius 3 is 2.70 bits per heavy atom. The maximum atomic E-state index is 12.4. The van der Waals surface area contributed by atoms with Crippen molar-refractivity contribution in [1.82, 2.24) is 4.98 Å². The molecule has 1 aromatic carbocycles. The lowest BCUT2D eigenvalue weighted by Crippen LogP contribution is -2.31. The van der Waals surface area contributed by atoms with Gasteiger partial charge in [-0.25, -0.2) is 0 Å². The van der Waals surface area contributed by atoms with Crippen LogP contribution in [0.25, 0.3) is 0 Å². The van der Waals surface area contributed by atoms with Crippen LogP contribution in [0.15, 0.2) is 18.2 Å². The molecular formula is C20H20ClNO5. The highest BCUT2D eigenvalue weighted by Gasteiger charge is 2.28. The lowest BCUT2D eigenvalue weighted by atomic mass is 9.97. The van der Waals surface area contributed by atoms with E-state index in [-0.39, 0.29) is 18.2 Å². The molecule has 1 aliphatic rings. The van der Waals surface area contributed by atoms with Gasteiger partial charge in [0.15, 0.2) is 12.4 Å². The molecule has 2 aromatic rings. The molecule has 1 N–H and O–H groups in total. The molecule has 1 aliphatic heterocycles. The van der Waals surface area contributed by atoms with Crippen LogP contribution >= 0.6 is 11.6 Å². The molecule has 0 aliphatic carbocycles. The van der Waals surface area contributed by atoms with E-state index < -0.39 is 18.5 Å². The molecule has 7 heteroatoms. The average Bonchev–Trinajstić information content (AvgIpc) is 2.93. The van der Waals surface area contributed by atoms with Crippen molar-refractivity contribution in [3.8, 4) is 5.75 Å². The summed E-state index contributed by atoms with van der Waals surface area (Å²) in [6.07, 6.45) is 0.442. The summed E-state index contributed by atoms with van der Waals surface area (Å²) in [7, 11) is 0. The zero-order chi connectivity index (χ0) is 19.7. The molecule has 0 fully saturated rings. The van der Waals surface area contributed by atoms with Gasteiger partial charge in [-0.15, -0.1) is 0 Å². The van der Waals surface area contributed by atoms with Gasteiger partial charge in [0.1, 0.15) is 12.4 Å². The number of carbonyl (C=O) groups is 3. The van der Waals surface area contributed by atoms with Crippen LogP contribution in [-0.4, -0.2) is 35.7 Å². The van der Waals surface area contributed by atoms with Crippen LogP contribution in [0.3, 0.4) is 0 Å². The molecule has 0 spiro atoms. The maximum Gasteiger partial charge on any atom is 0.313 e. The van der Waals surface area contributed by atoms with Gasteiger partial charge in [-0.3, -0.25) is 14.4 Å². The van der Waals surface area contributed by atoms with E-state index in [2.05, 4.69) is 4.98 Å². The minimum atomic E-state index is -0.498. The van der Waals surface area contributed by atoms with Crippen molar-refractivity contribution in [2.75, 3.05) is 13.2 Å². The van der Waals surface area contributed by atoms with Gasteiger partial charge in [-0.1, -0.05) is 11.6 Å². The molecule has 142 valence electrons. The molecule has 27 heavy (non-hydrogen) atoms. The third-order valence-electron chi connectivity index (χ3n) is 4.68. The minimum Gasteiger partial charge on any atom is -0.492 e. The Kier molecular flexibility index (Phi) is 5.37. The van der Waals surface area contributed by atoms with Gasteiger partial charge in [0, 0.05) is 16.3 Å². The highest BCUT2D eigenvalue weighted by atomic mass is 35.5. The maximum absolute atomic E-state index is 12.4. The number of aromatic nitrogens is 1. The second-order valence-corrected chi connectivity index (χ2v) is 7.11. The number of H-pyrrole nitrogens is 1. The number of Topliss-reactive ketones (excluding diaryl/α,β-unsaturated/α-hetero) is 2. The first-order valence-electron chi connectivity index (χ1n) is 8.59. The number of ketones is 2. The third-order valence-corrected chi connectivity index (χ3v) is 4.91. The Bertz CT molecular complexity index is 931. The fourth-order valence-electron chi connectivity index (χ4n) is 3.40. The number of hydrogen-bond acceptors (Lipinski definition) is 5. The molecule has 3 rings (SSSR count). The van der Waals surface area contributed by atoms with E-state index in [9.17, 15) is 14.4 Å². The summed E-state index contributed by atoms with van der Waals surface area (Å²) >= 11 is 5.98. The van der Waals surface area contributed by atoms with Gasteiger partial charge in [0.2, 0.25) is 5.78 Å². The second-order valence-electron chi connectivity index (χ2n) is 6.68. The summed E-state index contributed by atoms with van der Waals surface area (Å²) in [6, 6.07) is 5.26. The fourth-order valence-corrected chi connectivity index (χ4v) is 3.59. The SMILES string of the molecule is CC(=O)c1c(C)[nH]c(C(=O)COC(=O)[C@H]2COc3ccc(Cl)cc3C2)c1C. The van der Waals surface area contributed by atoms with Crippen molar-refractivity contribution in [3.05, 3.63) is 51.3 Å². The normalized spacial score (nSPS) is 15.6. The first kappa shape index (κ1) is 19.2. The summed E-state index contributed by atoms with van der Waals surface area (Å²) in [5.41, 5.74) is 2.83. The lowest BCUT2D eigenvalue weighted by molar-refractivity contribution is -0.148. The van der Waals surface area contributed by atoms with Gasteiger partial charge >= 0.3 is 5.97 Å². The lowest BCUT2D eigenvalue weighted by Gasteiger charge is -2.24. The van der Waals surface area contributed by atoms with Crippen LogP contribution in [0.4, 0.5) is 0 Å². The predicted molar refractivity (Wildman–Crippen MR) is 99.7 cm³/mol. The Hall–Kier alpha value is -2.60. The van der Waals surface area contributed by atoms with Gasteiger partial charge in [-0.05, 0) is 56.5 Å². The van der Waals surface area contributed by atoms with E-state index in [4.69, 9.17) is 21.1 Å². The smallest absolute Gasteiger partial charge is 0.313 e. The topological polar surface area (TPSA) is 85.5 Å². The highest BCUT2D eigenvalue weighted by molar-refractivity contribution is 6.30. The summed E-state index contributed by atoms with van der Waals surface area (Å²) in [4.78, 5) is 39.4. The van der Waals surface area contributed by atoms with Crippen LogP contribution in [-0.2, 0) is 16.0 Å². The van der Waals surface area contributed by atoms with Crippen LogP contribution in [0.2, 0.25) is 5.02 Å². The standard InChI is InChI=1S/C20H20ClNO5/c1-10-18(12(3)23)11(2)22-19(10)16(24)9-27-20(25)14-6-13-7-15(21)4-5-17(13)26-8-14/h4-5,7,14,22H,6,8-9H2,1-3H3/t14-/m1/s1. The largest absolute Gasteiger partial charge is 0.492 e. The van der Waals surface area contributed by atoms with E-state index in [0.717, 1.165) is 5.56 Å². The number of halogens is 1. The number of aromatic amines is 1. The Balaban J connectivity index is 1.64. The number of hydrogen-bond donors (Lipinski definition) is 1. The van der Waals surface area contributed by atoms with Crippen molar-refractivity contribution in [1.29, 1.82) is 0 Å². The highest BCUT2D eigenvalue weighted by Crippen LogP contribution is 2.30. The summed E-state index contributed by atoms with van der Waals surface area (Å²) in [5.74, 6) is -0.788. The summed E-state index contributed by atoms with van der Waals surface area (Å²) < 4.78 is 10.8. The number of esters is 1. The van der Waals surface area contributed by atoms with E-state index in [1.54, 1.807) is 32.0 Å². The van der Waals surface area contributed by atoms with E-state index in [1.165, 1.54) is 6.92 Å². The number of nitrogens with one attached hydrogen (secondary N) is 1. The Morgan fingerprint density at radius 2 is 2.04 bits per heavy atom. The number of rotatable bonds is 5. The molecule has 0 saturated heterocycles. The number of ether oxygens (including phenoxy) is 2. The van der Waals surface area contributed by atoms with Gasteiger partial charge in [-0.2, -0.15) is 0 Å². The zero-order valence-corrected chi connectivity index (χ0v) is 16.1. The van der Waals surface area contributed by atoms with E-state index in [1.807, 2.05) is 0 Å². The van der Waals surface area contributed by atoms with Crippen molar-refractivity contribution >= 4 is 29.1 Å². The van der Waals surface area contributed by atoms with Crippen LogP contribution in [0.5, 0.6) is 5.75 Å². The number of carbonyl (C=O) groups excluding carboxylic acids is 3. The van der Waals surface area contributed by atoms with E-state index >= 15 is 0 Å². The van der Waals surface area contributed by atoms with Crippen molar-refractivity contribution in [2.45, 2.75) is 27.2 Å². The first-order valence-corrected chi connectivity index (χ1v) is 8.97. The second kappa shape index (κ2) is 7.56. The molecule has 1 atom stereocenters. The van der Waals surface area contributed by atoms with Crippen molar-refractivity contribution in [2.24, 2.45) is 5.92 Å². The van der Waals surface area contributed by atoms with Crippen LogP contribution in [0, 0.1) is 19.8 Å².